The number of anilines is 2. The number of aromatic nitrogens is 2. The molecule has 2 heterocycles. The zero-order chi connectivity index (χ0) is 22.1. The van der Waals surface area contributed by atoms with E-state index in [-0.39, 0.29) is 24.5 Å². The summed E-state index contributed by atoms with van der Waals surface area (Å²) >= 11 is 0. The van der Waals surface area contributed by atoms with E-state index in [2.05, 4.69) is 15.4 Å². The largest absolute Gasteiger partial charge is 0.321 e. The molecule has 0 fully saturated rings. The number of amides is 2. The van der Waals surface area contributed by atoms with Crippen LogP contribution in [-0.2, 0) is 9.59 Å². The van der Waals surface area contributed by atoms with E-state index in [0.717, 1.165) is 11.1 Å². The van der Waals surface area contributed by atoms with Crippen LogP contribution in [0.4, 0.5) is 15.8 Å². The molecule has 0 saturated carbocycles. The maximum absolute atomic E-state index is 14.6. The minimum absolute atomic E-state index is 0.170. The first-order valence-corrected chi connectivity index (χ1v) is 9.92. The van der Waals surface area contributed by atoms with Gasteiger partial charge in [0.1, 0.15) is 17.4 Å². The van der Waals surface area contributed by atoms with Crippen molar-refractivity contribution in [3.05, 3.63) is 71.6 Å². The summed E-state index contributed by atoms with van der Waals surface area (Å²) in [6.45, 7) is 5.59. The molecule has 2 amide bonds. The molecule has 158 valence electrons. The highest BCUT2D eigenvalue weighted by atomic mass is 19.1. The van der Waals surface area contributed by atoms with Crippen molar-refractivity contribution < 1.29 is 14.0 Å². The average molecular weight is 419 g/mol. The van der Waals surface area contributed by atoms with Crippen LogP contribution in [-0.4, -0.2) is 27.1 Å². The predicted molar refractivity (Wildman–Crippen MR) is 117 cm³/mol. The van der Waals surface area contributed by atoms with Crippen LogP contribution in [0.25, 0.3) is 5.69 Å². The molecule has 0 bridgehead atoms. The maximum atomic E-state index is 14.6. The third kappa shape index (κ3) is 4.09. The number of aryl methyl sites for hydroxylation is 3. The molecule has 0 saturated heterocycles. The van der Waals surface area contributed by atoms with Gasteiger partial charge in [0.05, 0.1) is 11.4 Å². The van der Waals surface area contributed by atoms with Gasteiger partial charge in [-0.15, -0.1) is 0 Å². The minimum Gasteiger partial charge on any atom is -0.321 e. The van der Waals surface area contributed by atoms with Crippen LogP contribution >= 0.6 is 0 Å². The van der Waals surface area contributed by atoms with Gasteiger partial charge in [-0.3, -0.25) is 9.59 Å². The maximum Gasteiger partial charge on any atom is 0.271 e. The van der Waals surface area contributed by atoms with Crippen molar-refractivity contribution in [3.63, 3.8) is 0 Å². The van der Waals surface area contributed by atoms with Gasteiger partial charge >= 0.3 is 0 Å². The molecule has 1 aliphatic heterocycles. The van der Waals surface area contributed by atoms with E-state index in [4.69, 9.17) is 0 Å². The number of halogens is 1. The van der Waals surface area contributed by atoms with Crippen LogP contribution < -0.4 is 10.3 Å². The topological polar surface area (TPSA) is 79.6 Å². The summed E-state index contributed by atoms with van der Waals surface area (Å²) < 4.78 is 16.2. The van der Waals surface area contributed by atoms with Gasteiger partial charge < -0.3 is 9.88 Å². The van der Waals surface area contributed by atoms with Crippen LogP contribution in [0.15, 0.2) is 53.9 Å². The first-order valence-electron chi connectivity index (χ1n) is 9.92. The summed E-state index contributed by atoms with van der Waals surface area (Å²) in [5, 5.41) is 8.27. The molecule has 1 aromatic heterocycles. The fourth-order valence-electron chi connectivity index (χ4n) is 3.47. The standard InChI is InChI=1S/C23H22FN5O2/c1-14-4-5-15(2)21(12-14)29-22(30)9-7-19(27-29)23(31)26-17-6-8-20(18(24)13-17)28-11-10-25-16(28)3/h4-6,8,10-13H,7,9H2,1-3H3,(H,26,31). The summed E-state index contributed by atoms with van der Waals surface area (Å²) in [6.07, 6.45) is 3.66. The highest BCUT2D eigenvalue weighted by Crippen LogP contribution is 2.26. The molecule has 0 unspecified atom stereocenters. The Morgan fingerprint density at radius 3 is 2.58 bits per heavy atom. The first-order chi connectivity index (χ1) is 14.8. The van der Waals surface area contributed by atoms with Crippen molar-refractivity contribution in [1.82, 2.24) is 9.55 Å². The molecule has 4 rings (SSSR count). The Kier molecular flexibility index (Phi) is 5.37. The summed E-state index contributed by atoms with van der Waals surface area (Å²) in [7, 11) is 0. The number of hydrazone groups is 1. The monoisotopic (exact) mass is 419 g/mol. The van der Waals surface area contributed by atoms with Crippen molar-refractivity contribution in [2.45, 2.75) is 33.6 Å². The molecule has 0 aliphatic carbocycles. The number of hydrogen-bond donors (Lipinski definition) is 1. The van der Waals surface area contributed by atoms with Crippen LogP contribution in [0.2, 0.25) is 0 Å². The minimum atomic E-state index is -0.489. The van der Waals surface area contributed by atoms with E-state index >= 15 is 0 Å². The number of hydrogen-bond acceptors (Lipinski definition) is 4. The molecule has 8 heteroatoms. The normalized spacial score (nSPS) is 13.9. The van der Waals surface area contributed by atoms with E-state index in [1.165, 1.54) is 11.1 Å². The smallest absolute Gasteiger partial charge is 0.271 e. The Bertz CT molecular complexity index is 1210. The highest BCUT2D eigenvalue weighted by molar-refractivity contribution is 6.44. The lowest BCUT2D eigenvalue weighted by Crippen LogP contribution is -2.36. The molecule has 3 aromatic rings. The summed E-state index contributed by atoms with van der Waals surface area (Å²) in [5.41, 5.74) is 3.40. The van der Waals surface area contributed by atoms with Gasteiger partial charge in [-0.2, -0.15) is 5.10 Å². The Labute approximate surface area is 179 Å². The van der Waals surface area contributed by atoms with Gasteiger partial charge in [0, 0.05) is 30.9 Å². The van der Waals surface area contributed by atoms with Gasteiger partial charge in [-0.25, -0.2) is 14.4 Å². The second-order valence-electron chi connectivity index (χ2n) is 7.51. The van der Waals surface area contributed by atoms with Gasteiger partial charge in [0.15, 0.2) is 0 Å². The van der Waals surface area contributed by atoms with Gasteiger partial charge in [-0.1, -0.05) is 12.1 Å². The first kappa shape index (κ1) is 20.5. The molecule has 31 heavy (non-hydrogen) atoms. The number of imidazole rings is 1. The number of benzene rings is 2. The lowest BCUT2D eigenvalue weighted by molar-refractivity contribution is -0.118. The van der Waals surface area contributed by atoms with Crippen LogP contribution in [0.3, 0.4) is 0 Å². The number of carbonyl (C=O) groups excluding carboxylic acids is 2. The quantitative estimate of drug-likeness (QED) is 0.693. The second kappa shape index (κ2) is 8.14. The molecule has 7 nitrogen and oxygen atoms in total. The SMILES string of the molecule is Cc1ccc(C)c(N2N=C(C(=O)Nc3ccc(-n4ccnc4C)c(F)c3)CCC2=O)c1. The Morgan fingerprint density at radius 1 is 1.06 bits per heavy atom. The molecule has 2 aromatic carbocycles. The zero-order valence-corrected chi connectivity index (χ0v) is 17.5. The number of nitrogens with zero attached hydrogens (tertiary/aromatic N) is 4. The van der Waals surface area contributed by atoms with Gasteiger partial charge in [0.25, 0.3) is 5.91 Å². The number of carbonyl (C=O) groups is 2. The van der Waals surface area contributed by atoms with Crippen LogP contribution in [0.5, 0.6) is 0 Å². The van der Waals surface area contributed by atoms with Gasteiger partial charge in [0.2, 0.25) is 5.91 Å². The molecule has 0 atom stereocenters. The van der Waals surface area contributed by atoms with E-state index in [0.29, 0.717) is 22.9 Å². The molecule has 1 N–H and O–H groups in total. The molecule has 1 aliphatic rings. The van der Waals surface area contributed by atoms with Crippen LogP contribution in [0.1, 0.15) is 29.8 Å². The summed E-state index contributed by atoms with van der Waals surface area (Å²) in [5.74, 6) is -0.467. The lowest BCUT2D eigenvalue weighted by Gasteiger charge is -2.24. The fraction of sp³-hybridized carbons (Fsp3) is 0.217. The molecular formula is C23H22FN5O2. The lowest BCUT2D eigenvalue weighted by atomic mass is 10.1. The zero-order valence-electron chi connectivity index (χ0n) is 17.5. The molecule has 0 spiro atoms. The second-order valence-corrected chi connectivity index (χ2v) is 7.51. The highest BCUT2D eigenvalue weighted by Gasteiger charge is 2.26. The van der Waals surface area contributed by atoms with Crippen molar-refractivity contribution >= 4 is 28.9 Å². The summed E-state index contributed by atoms with van der Waals surface area (Å²) in [4.78, 5) is 29.3. The van der Waals surface area contributed by atoms with Gasteiger partial charge in [-0.05, 0) is 56.2 Å². The van der Waals surface area contributed by atoms with Crippen molar-refractivity contribution in [2.24, 2.45) is 5.10 Å². The van der Waals surface area contributed by atoms with E-state index in [1.54, 1.807) is 36.0 Å². The molecule has 0 radical (unpaired) electrons. The Balaban J connectivity index is 1.57. The summed E-state index contributed by atoms with van der Waals surface area (Å²) in [6, 6.07) is 10.2. The Morgan fingerprint density at radius 2 is 1.87 bits per heavy atom. The average Bonchev–Trinajstić information content (AvgIpc) is 3.16. The third-order valence-corrected chi connectivity index (χ3v) is 5.18. The van der Waals surface area contributed by atoms with E-state index in [9.17, 15) is 14.0 Å². The number of nitrogens with one attached hydrogen (secondary N) is 1. The van der Waals surface area contributed by atoms with E-state index < -0.39 is 11.7 Å². The van der Waals surface area contributed by atoms with E-state index in [1.807, 2.05) is 32.0 Å². The van der Waals surface area contributed by atoms with Crippen LogP contribution in [0, 0.1) is 26.6 Å². The third-order valence-electron chi connectivity index (χ3n) is 5.18. The van der Waals surface area contributed by atoms with Crippen molar-refractivity contribution in [3.8, 4) is 5.69 Å². The Hall–Kier alpha value is -3.81. The molecular weight excluding hydrogens is 397 g/mol. The van der Waals surface area contributed by atoms with Crippen molar-refractivity contribution in [2.75, 3.05) is 10.3 Å². The predicted octanol–water partition coefficient (Wildman–Crippen LogP) is 4.06. The fourth-order valence-corrected chi connectivity index (χ4v) is 3.47. The van der Waals surface area contributed by atoms with Crippen molar-refractivity contribution in [1.29, 1.82) is 0 Å². The number of rotatable bonds is 4.